The molecule has 0 aliphatic carbocycles. The van der Waals surface area contributed by atoms with Crippen LogP contribution in [0.15, 0.2) is 72.5 Å². The molecule has 208 valence electrons. The first-order valence-electron chi connectivity index (χ1n) is 11.6. The highest BCUT2D eigenvalue weighted by molar-refractivity contribution is 9.10. The van der Waals surface area contributed by atoms with Crippen LogP contribution in [-0.2, 0) is 16.4 Å². The number of anilines is 1. The number of benzene rings is 2. The number of aromatic nitrogens is 4. The number of hydrogen-bond acceptors (Lipinski definition) is 10. The van der Waals surface area contributed by atoms with Crippen LogP contribution in [0.3, 0.4) is 0 Å². The third kappa shape index (κ3) is 6.05. The lowest BCUT2D eigenvalue weighted by molar-refractivity contribution is 0.353. The van der Waals surface area contributed by atoms with Crippen LogP contribution in [0.1, 0.15) is 18.1 Å². The average Bonchev–Trinajstić information content (AvgIpc) is 2.93. The maximum Gasteiger partial charge on any atom is 0.335 e. The van der Waals surface area contributed by atoms with Gasteiger partial charge in [-0.05, 0) is 54.4 Å². The van der Waals surface area contributed by atoms with Gasteiger partial charge in [0.05, 0.1) is 30.5 Å². The van der Waals surface area contributed by atoms with E-state index < -0.39 is 27.2 Å². The van der Waals surface area contributed by atoms with Crippen LogP contribution < -0.4 is 25.4 Å². The summed E-state index contributed by atoms with van der Waals surface area (Å²) >= 11 is 3.38. The number of nitrogens with zero attached hydrogens (tertiary/aromatic N) is 4. The Morgan fingerprint density at radius 1 is 1.10 bits per heavy atom. The molecule has 13 nitrogen and oxygen atoms in total. The van der Waals surface area contributed by atoms with Gasteiger partial charge in [-0.2, -0.15) is 9.97 Å². The van der Waals surface area contributed by atoms with Gasteiger partial charge in [0.25, 0.3) is 15.6 Å². The zero-order valence-electron chi connectivity index (χ0n) is 21.4. The third-order valence-electron chi connectivity index (χ3n) is 5.59. The van der Waals surface area contributed by atoms with Gasteiger partial charge >= 0.3 is 11.7 Å². The Morgan fingerprint density at radius 3 is 2.48 bits per heavy atom. The van der Waals surface area contributed by atoms with Crippen molar-refractivity contribution >= 4 is 43.7 Å². The Morgan fingerprint density at radius 2 is 1.82 bits per heavy atom. The van der Waals surface area contributed by atoms with Crippen molar-refractivity contribution in [3.05, 3.63) is 85.0 Å². The van der Waals surface area contributed by atoms with Crippen LogP contribution >= 0.6 is 15.9 Å². The summed E-state index contributed by atoms with van der Waals surface area (Å²) in [6, 6.07) is 11.8. The van der Waals surface area contributed by atoms with E-state index in [1.54, 1.807) is 12.1 Å². The predicted molar refractivity (Wildman–Crippen MR) is 151 cm³/mol. The average molecular weight is 631 g/mol. The van der Waals surface area contributed by atoms with Gasteiger partial charge < -0.3 is 14.6 Å². The fraction of sp³-hybridized carbons (Fsp3) is 0.160. The van der Waals surface area contributed by atoms with E-state index in [0.29, 0.717) is 12.1 Å². The van der Waals surface area contributed by atoms with Crippen molar-refractivity contribution in [2.45, 2.75) is 18.2 Å². The van der Waals surface area contributed by atoms with E-state index in [9.17, 15) is 23.1 Å². The molecular weight excluding hydrogens is 608 g/mol. The summed E-state index contributed by atoms with van der Waals surface area (Å²) in [4.78, 5) is 39.2. The second-order valence-electron chi connectivity index (χ2n) is 8.10. The molecule has 4 rings (SSSR count). The molecule has 0 radical (unpaired) electrons. The van der Waals surface area contributed by atoms with Gasteiger partial charge in [0.15, 0.2) is 5.82 Å². The number of hydrogen-bond donors (Lipinski definition) is 3. The van der Waals surface area contributed by atoms with Gasteiger partial charge in [-0.15, -0.1) is 0 Å². The molecule has 2 heterocycles. The molecule has 0 saturated heterocycles. The standard InChI is InChI=1S/C25H23BrN6O7S/c1-4-14-11-15(26)5-10-19(14)32-23(34)18(22(33)30-25(32)35)13-27-16-6-8-17(9-7-16)40(36,37)31-20-12-21(38-2)29-24(28-20)39-3/h5-13,34H,4H2,1-3H3,(H,28,29,31)(H,30,33,35). The van der Waals surface area contributed by atoms with Crippen molar-refractivity contribution in [1.29, 1.82) is 0 Å². The molecule has 0 amide bonds. The molecule has 4 aromatic rings. The van der Waals surface area contributed by atoms with Crippen molar-refractivity contribution in [3.63, 3.8) is 0 Å². The summed E-state index contributed by atoms with van der Waals surface area (Å²) in [5, 5.41) is 10.9. The summed E-state index contributed by atoms with van der Waals surface area (Å²) in [5.74, 6) is -0.550. The minimum atomic E-state index is -4.05. The molecule has 0 saturated carbocycles. The van der Waals surface area contributed by atoms with E-state index in [2.05, 4.69) is 40.6 Å². The van der Waals surface area contributed by atoms with E-state index in [0.717, 1.165) is 20.8 Å². The maximum atomic E-state index is 12.9. The molecule has 2 aromatic heterocycles. The molecule has 2 aromatic carbocycles. The molecule has 0 atom stereocenters. The predicted octanol–water partition coefficient (Wildman–Crippen LogP) is 2.91. The van der Waals surface area contributed by atoms with E-state index in [4.69, 9.17) is 9.47 Å². The minimum Gasteiger partial charge on any atom is -0.493 e. The van der Waals surface area contributed by atoms with Crippen LogP contribution in [0.5, 0.6) is 17.8 Å². The number of halogens is 1. The van der Waals surface area contributed by atoms with E-state index in [1.807, 2.05) is 13.0 Å². The Hall–Kier alpha value is -4.50. The topological polar surface area (TPSA) is 178 Å². The van der Waals surface area contributed by atoms with E-state index in [-0.39, 0.29) is 33.9 Å². The van der Waals surface area contributed by atoms with Crippen LogP contribution in [0.2, 0.25) is 0 Å². The quantitative estimate of drug-likeness (QED) is 0.234. The molecule has 3 N–H and O–H groups in total. The highest BCUT2D eigenvalue weighted by atomic mass is 79.9. The number of aliphatic imine (C=N–C) groups is 1. The van der Waals surface area contributed by atoms with Crippen LogP contribution in [0, 0.1) is 0 Å². The lowest BCUT2D eigenvalue weighted by atomic mass is 10.1. The zero-order valence-corrected chi connectivity index (χ0v) is 23.8. The lowest BCUT2D eigenvalue weighted by Gasteiger charge is -2.13. The number of sulfonamides is 1. The fourth-order valence-electron chi connectivity index (χ4n) is 3.63. The van der Waals surface area contributed by atoms with Gasteiger partial charge in [-0.3, -0.25) is 19.5 Å². The number of H-pyrrole nitrogens is 1. The number of aryl methyl sites for hydroxylation is 1. The number of rotatable bonds is 9. The Labute approximate surface area is 236 Å². The highest BCUT2D eigenvalue weighted by Crippen LogP contribution is 2.25. The van der Waals surface area contributed by atoms with Crippen LogP contribution in [0.4, 0.5) is 11.5 Å². The minimum absolute atomic E-state index is 0.0624. The van der Waals surface area contributed by atoms with Gasteiger partial charge in [0.1, 0.15) is 5.56 Å². The Kier molecular flexibility index (Phi) is 8.35. The number of aromatic hydroxyl groups is 1. The molecule has 0 fully saturated rings. The SMILES string of the molecule is CCc1cc(Br)ccc1-n1c(O)c(C=Nc2ccc(S(=O)(=O)Nc3cc(OC)nc(OC)n3)cc2)c(=O)[nH]c1=O. The normalized spacial score (nSPS) is 11.5. The van der Waals surface area contributed by atoms with Gasteiger partial charge in [0.2, 0.25) is 11.8 Å². The summed E-state index contributed by atoms with van der Waals surface area (Å²) in [5.41, 5.74) is -0.464. The first-order valence-corrected chi connectivity index (χ1v) is 13.8. The maximum absolute atomic E-state index is 12.9. The van der Waals surface area contributed by atoms with Crippen molar-refractivity contribution in [3.8, 4) is 23.5 Å². The monoisotopic (exact) mass is 630 g/mol. The first kappa shape index (κ1) is 28.5. The molecule has 0 unspecified atom stereocenters. The first-order chi connectivity index (χ1) is 19.1. The zero-order chi connectivity index (χ0) is 29.0. The van der Waals surface area contributed by atoms with Crippen LogP contribution in [0.25, 0.3) is 5.69 Å². The smallest absolute Gasteiger partial charge is 0.335 e. The molecule has 40 heavy (non-hydrogen) atoms. The second-order valence-corrected chi connectivity index (χ2v) is 10.7. The molecule has 0 aliphatic rings. The fourth-order valence-corrected chi connectivity index (χ4v) is 5.03. The number of aromatic amines is 1. The summed E-state index contributed by atoms with van der Waals surface area (Å²) < 4.78 is 39.8. The van der Waals surface area contributed by atoms with Crippen molar-refractivity contribution in [2.24, 2.45) is 4.99 Å². The molecule has 15 heteroatoms. The number of methoxy groups -OCH3 is 2. The van der Waals surface area contributed by atoms with E-state index >= 15 is 0 Å². The third-order valence-corrected chi connectivity index (χ3v) is 7.45. The summed E-state index contributed by atoms with van der Waals surface area (Å²) in [7, 11) is -1.35. The molecule has 0 spiro atoms. The summed E-state index contributed by atoms with van der Waals surface area (Å²) in [6.45, 7) is 1.89. The molecule has 0 bridgehead atoms. The Bertz CT molecular complexity index is 1800. The van der Waals surface area contributed by atoms with E-state index in [1.165, 1.54) is 44.6 Å². The molecular formula is C25H23BrN6O7S. The van der Waals surface area contributed by atoms with Gasteiger partial charge in [-0.25, -0.2) is 17.8 Å². The molecule has 0 aliphatic heterocycles. The van der Waals surface area contributed by atoms with Gasteiger partial charge in [-0.1, -0.05) is 22.9 Å². The van der Waals surface area contributed by atoms with Crippen molar-refractivity contribution in [2.75, 3.05) is 18.9 Å². The van der Waals surface area contributed by atoms with Crippen LogP contribution in [-0.4, -0.2) is 53.5 Å². The van der Waals surface area contributed by atoms with Crippen molar-refractivity contribution in [1.82, 2.24) is 19.5 Å². The number of ether oxygens (including phenoxy) is 2. The summed E-state index contributed by atoms with van der Waals surface area (Å²) in [6.07, 6.45) is 1.65. The second kappa shape index (κ2) is 11.7. The lowest BCUT2D eigenvalue weighted by Crippen LogP contribution is -2.31. The van der Waals surface area contributed by atoms with Crippen molar-refractivity contribution < 1.29 is 23.0 Å². The largest absolute Gasteiger partial charge is 0.493 e. The number of nitrogens with one attached hydrogen (secondary N) is 2. The highest BCUT2D eigenvalue weighted by Gasteiger charge is 2.18. The van der Waals surface area contributed by atoms with Gasteiger partial charge in [0, 0.05) is 16.8 Å². The Balaban J connectivity index is 1.62.